The third-order valence-electron chi connectivity index (χ3n) is 3.12. The van der Waals surface area contributed by atoms with E-state index in [9.17, 15) is 4.79 Å². The van der Waals surface area contributed by atoms with Crippen molar-refractivity contribution < 1.29 is 4.79 Å². The van der Waals surface area contributed by atoms with Crippen molar-refractivity contribution in [1.29, 1.82) is 0 Å². The van der Waals surface area contributed by atoms with Crippen molar-refractivity contribution in [3.63, 3.8) is 0 Å². The number of para-hydroxylation sites is 1. The van der Waals surface area contributed by atoms with E-state index in [2.05, 4.69) is 4.90 Å². The molecule has 0 saturated carbocycles. The molecule has 1 amide bonds. The second kappa shape index (κ2) is 5.01. The van der Waals surface area contributed by atoms with Crippen molar-refractivity contribution in [2.45, 2.75) is 25.7 Å². The van der Waals surface area contributed by atoms with Crippen LogP contribution in [-0.2, 0) is 0 Å². The number of amides is 1. The molecule has 0 spiro atoms. The van der Waals surface area contributed by atoms with E-state index in [1.165, 1.54) is 25.7 Å². The van der Waals surface area contributed by atoms with Crippen LogP contribution in [-0.4, -0.2) is 19.0 Å². The molecule has 0 atom stereocenters. The van der Waals surface area contributed by atoms with Crippen LogP contribution in [0.5, 0.6) is 0 Å². The second-order valence-corrected chi connectivity index (χ2v) is 4.28. The largest absolute Gasteiger partial charge is 0.371 e. The lowest BCUT2D eigenvalue weighted by molar-refractivity contribution is 0.100. The van der Waals surface area contributed by atoms with Gasteiger partial charge in [-0.15, -0.1) is 0 Å². The quantitative estimate of drug-likeness (QED) is 0.827. The highest BCUT2D eigenvalue weighted by atomic mass is 16.1. The first-order chi connectivity index (χ1) is 7.79. The minimum atomic E-state index is -0.333. The summed E-state index contributed by atoms with van der Waals surface area (Å²) in [5, 5.41) is 0. The normalized spacial score (nSPS) is 16.9. The molecule has 0 radical (unpaired) electrons. The first-order valence-corrected chi connectivity index (χ1v) is 5.93. The van der Waals surface area contributed by atoms with Crippen molar-refractivity contribution in [3.8, 4) is 0 Å². The van der Waals surface area contributed by atoms with Crippen LogP contribution < -0.4 is 10.6 Å². The minimum Gasteiger partial charge on any atom is -0.371 e. The monoisotopic (exact) mass is 218 g/mol. The van der Waals surface area contributed by atoms with E-state index in [1.807, 2.05) is 24.3 Å². The van der Waals surface area contributed by atoms with Crippen molar-refractivity contribution in [1.82, 2.24) is 0 Å². The van der Waals surface area contributed by atoms with Crippen LogP contribution in [0.3, 0.4) is 0 Å². The van der Waals surface area contributed by atoms with Gasteiger partial charge in [0.2, 0.25) is 0 Å². The molecule has 0 bridgehead atoms. The second-order valence-electron chi connectivity index (χ2n) is 4.28. The fraction of sp³-hybridized carbons (Fsp3) is 0.462. The number of anilines is 1. The van der Waals surface area contributed by atoms with E-state index < -0.39 is 0 Å². The average molecular weight is 218 g/mol. The van der Waals surface area contributed by atoms with Crippen LogP contribution in [0.25, 0.3) is 0 Å². The van der Waals surface area contributed by atoms with Crippen molar-refractivity contribution >= 4 is 11.6 Å². The zero-order valence-corrected chi connectivity index (χ0v) is 9.48. The summed E-state index contributed by atoms with van der Waals surface area (Å²) in [7, 11) is 0. The van der Waals surface area contributed by atoms with Gasteiger partial charge in [-0.05, 0) is 25.0 Å². The number of hydrogen-bond donors (Lipinski definition) is 1. The summed E-state index contributed by atoms with van der Waals surface area (Å²) >= 11 is 0. The molecule has 1 aliphatic heterocycles. The van der Waals surface area contributed by atoms with Crippen molar-refractivity contribution in [3.05, 3.63) is 29.8 Å². The van der Waals surface area contributed by atoms with Crippen molar-refractivity contribution in [2.24, 2.45) is 5.73 Å². The van der Waals surface area contributed by atoms with Gasteiger partial charge in [-0.25, -0.2) is 0 Å². The first kappa shape index (κ1) is 11.0. The number of nitrogens with zero attached hydrogens (tertiary/aromatic N) is 1. The van der Waals surface area contributed by atoms with Gasteiger partial charge in [0.25, 0.3) is 5.91 Å². The van der Waals surface area contributed by atoms with Gasteiger partial charge in [0.05, 0.1) is 5.56 Å². The summed E-state index contributed by atoms with van der Waals surface area (Å²) in [6.45, 7) is 2.06. The fourth-order valence-corrected chi connectivity index (χ4v) is 2.27. The third-order valence-corrected chi connectivity index (χ3v) is 3.12. The Kier molecular flexibility index (Phi) is 3.44. The summed E-state index contributed by atoms with van der Waals surface area (Å²) in [5.41, 5.74) is 7.03. The van der Waals surface area contributed by atoms with Crippen LogP contribution >= 0.6 is 0 Å². The lowest BCUT2D eigenvalue weighted by Gasteiger charge is -2.24. The Hall–Kier alpha value is -1.51. The molecule has 1 saturated heterocycles. The van der Waals surface area contributed by atoms with Gasteiger partial charge in [-0.3, -0.25) is 4.79 Å². The zero-order chi connectivity index (χ0) is 11.4. The topological polar surface area (TPSA) is 46.3 Å². The smallest absolute Gasteiger partial charge is 0.250 e. The molecule has 16 heavy (non-hydrogen) atoms. The predicted molar refractivity (Wildman–Crippen MR) is 65.6 cm³/mol. The van der Waals surface area contributed by atoms with E-state index in [0.717, 1.165) is 18.8 Å². The van der Waals surface area contributed by atoms with Crippen LogP contribution in [0, 0.1) is 0 Å². The molecular weight excluding hydrogens is 200 g/mol. The fourth-order valence-electron chi connectivity index (χ4n) is 2.27. The molecule has 3 heteroatoms. The number of nitrogens with two attached hydrogens (primary N) is 1. The predicted octanol–water partition coefficient (Wildman–Crippen LogP) is 2.17. The van der Waals surface area contributed by atoms with E-state index in [1.54, 1.807) is 0 Å². The van der Waals surface area contributed by atoms with Gasteiger partial charge in [0.15, 0.2) is 0 Å². The summed E-state index contributed by atoms with van der Waals surface area (Å²) in [4.78, 5) is 13.6. The third kappa shape index (κ3) is 2.35. The van der Waals surface area contributed by atoms with Gasteiger partial charge >= 0.3 is 0 Å². The van der Waals surface area contributed by atoms with Gasteiger partial charge in [-0.2, -0.15) is 0 Å². The maximum atomic E-state index is 11.3. The van der Waals surface area contributed by atoms with Gasteiger partial charge in [0, 0.05) is 18.8 Å². The number of carbonyl (C=O) groups excluding carboxylic acids is 1. The number of carbonyl (C=O) groups is 1. The summed E-state index contributed by atoms with van der Waals surface area (Å²) in [6, 6.07) is 7.63. The molecule has 1 aliphatic rings. The van der Waals surface area contributed by atoms with Gasteiger partial charge < -0.3 is 10.6 Å². The van der Waals surface area contributed by atoms with Gasteiger partial charge in [-0.1, -0.05) is 25.0 Å². The summed E-state index contributed by atoms with van der Waals surface area (Å²) in [6.07, 6.45) is 4.98. The maximum absolute atomic E-state index is 11.3. The Bertz CT molecular complexity index is 368. The molecule has 1 heterocycles. The Labute approximate surface area is 96.2 Å². The highest BCUT2D eigenvalue weighted by Gasteiger charge is 2.15. The highest BCUT2D eigenvalue weighted by Crippen LogP contribution is 2.23. The van der Waals surface area contributed by atoms with Crippen molar-refractivity contribution in [2.75, 3.05) is 18.0 Å². The number of hydrogen-bond acceptors (Lipinski definition) is 2. The molecule has 0 aromatic heterocycles. The first-order valence-electron chi connectivity index (χ1n) is 5.93. The highest BCUT2D eigenvalue weighted by molar-refractivity contribution is 5.98. The summed E-state index contributed by atoms with van der Waals surface area (Å²) < 4.78 is 0. The van der Waals surface area contributed by atoms with Crippen LogP contribution in [0.2, 0.25) is 0 Å². The van der Waals surface area contributed by atoms with Gasteiger partial charge in [0.1, 0.15) is 0 Å². The van der Waals surface area contributed by atoms with Crippen LogP contribution in [0.4, 0.5) is 5.69 Å². The Morgan fingerprint density at radius 2 is 1.69 bits per heavy atom. The molecule has 1 aromatic carbocycles. The Morgan fingerprint density at radius 1 is 1.06 bits per heavy atom. The minimum absolute atomic E-state index is 0.333. The standard InChI is InChI=1S/C13H18N2O/c14-13(16)11-7-3-4-8-12(11)15-9-5-1-2-6-10-15/h3-4,7-8H,1-2,5-6,9-10H2,(H2,14,16). The van der Waals surface area contributed by atoms with Crippen LogP contribution in [0.15, 0.2) is 24.3 Å². The maximum Gasteiger partial charge on any atom is 0.250 e. The zero-order valence-electron chi connectivity index (χ0n) is 9.48. The van der Waals surface area contributed by atoms with E-state index in [-0.39, 0.29) is 5.91 Å². The van der Waals surface area contributed by atoms with E-state index in [0.29, 0.717) is 5.56 Å². The molecule has 0 aliphatic carbocycles. The van der Waals surface area contributed by atoms with Crippen LogP contribution in [0.1, 0.15) is 36.0 Å². The molecule has 2 N–H and O–H groups in total. The molecule has 2 rings (SSSR count). The lowest BCUT2D eigenvalue weighted by Crippen LogP contribution is -2.27. The van der Waals surface area contributed by atoms with E-state index in [4.69, 9.17) is 5.73 Å². The Balaban J connectivity index is 2.27. The molecule has 86 valence electrons. The molecule has 0 unspecified atom stereocenters. The molecular formula is C13H18N2O. The molecule has 3 nitrogen and oxygen atoms in total. The number of primary amides is 1. The number of rotatable bonds is 2. The summed E-state index contributed by atoms with van der Waals surface area (Å²) in [5.74, 6) is -0.333. The Morgan fingerprint density at radius 3 is 2.31 bits per heavy atom. The molecule has 1 aromatic rings. The lowest BCUT2D eigenvalue weighted by atomic mass is 10.1. The average Bonchev–Trinajstić information content (AvgIpc) is 2.57. The SMILES string of the molecule is NC(=O)c1ccccc1N1CCCCCC1. The molecule has 1 fully saturated rings. The van der Waals surface area contributed by atoms with E-state index >= 15 is 0 Å². The number of benzene rings is 1.